The number of nitrogens with zero attached hydrogens (tertiary/aromatic N) is 4. The van der Waals surface area contributed by atoms with Gasteiger partial charge in [0.25, 0.3) is 5.22 Å². The van der Waals surface area contributed by atoms with Gasteiger partial charge in [0, 0.05) is 16.6 Å². The van der Waals surface area contributed by atoms with Crippen LogP contribution in [-0.4, -0.2) is 33.5 Å². The Morgan fingerprint density at radius 1 is 1.37 bits per heavy atom. The molecule has 3 heterocycles. The molecule has 8 nitrogen and oxygen atoms in total. The molecule has 1 aliphatic rings. The summed E-state index contributed by atoms with van der Waals surface area (Å²) in [6.07, 6.45) is 0. The van der Waals surface area contributed by atoms with Crippen LogP contribution in [0.5, 0.6) is 11.5 Å². The highest BCUT2D eigenvalue weighted by Crippen LogP contribution is 2.36. The Hall–Kier alpha value is -2.90. The number of thioether (sulfide) groups is 1. The summed E-state index contributed by atoms with van der Waals surface area (Å²) < 4.78 is 16.2. The predicted molar refractivity (Wildman–Crippen MR) is 96.8 cm³/mol. The van der Waals surface area contributed by atoms with Gasteiger partial charge in [0.05, 0.1) is 11.8 Å². The standard InChI is InChI=1S/C17H12N4O4S2/c1-9-6-26-16(19-9)11(5-18)12(22)7-27-17-21-20-15(25-17)10-2-3-13-14(4-10)24-8-23-13/h2-4,6,11H,7-8H2,1H3. The van der Waals surface area contributed by atoms with Gasteiger partial charge in [-0.15, -0.1) is 21.5 Å². The predicted octanol–water partition coefficient (Wildman–Crippen LogP) is 3.20. The zero-order chi connectivity index (χ0) is 18.8. The maximum Gasteiger partial charge on any atom is 0.277 e. The Morgan fingerprint density at radius 2 is 2.22 bits per heavy atom. The Kier molecular flexibility index (Phi) is 4.79. The second kappa shape index (κ2) is 7.38. The van der Waals surface area contributed by atoms with Crippen LogP contribution in [0.3, 0.4) is 0 Å². The van der Waals surface area contributed by atoms with E-state index in [0.717, 1.165) is 17.5 Å². The van der Waals surface area contributed by atoms with E-state index in [2.05, 4.69) is 15.2 Å². The van der Waals surface area contributed by atoms with Gasteiger partial charge in [-0.25, -0.2) is 4.98 Å². The number of nitriles is 1. The molecule has 0 radical (unpaired) electrons. The van der Waals surface area contributed by atoms with Crippen molar-refractivity contribution in [2.45, 2.75) is 18.1 Å². The minimum atomic E-state index is -0.882. The number of fused-ring (bicyclic) bond motifs is 1. The van der Waals surface area contributed by atoms with Crippen LogP contribution in [0, 0.1) is 18.3 Å². The highest BCUT2D eigenvalue weighted by Gasteiger charge is 2.24. The zero-order valence-electron chi connectivity index (χ0n) is 14.0. The van der Waals surface area contributed by atoms with Gasteiger partial charge >= 0.3 is 0 Å². The number of rotatable bonds is 6. The zero-order valence-corrected chi connectivity index (χ0v) is 15.7. The second-order valence-corrected chi connectivity index (χ2v) is 7.40. The highest BCUT2D eigenvalue weighted by atomic mass is 32.2. The molecule has 0 bridgehead atoms. The SMILES string of the molecule is Cc1csc(C(C#N)C(=O)CSc2nnc(-c3ccc4c(c3)OCO4)o2)n1. The summed E-state index contributed by atoms with van der Waals surface area (Å²) in [5.41, 5.74) is 1.49. The van der Waals surface area contributed by atoms with Crippen LogP contribution in [0.15, 0.2) is 33.2 Å². The molecule has 1 atom stereocenters. The molecule has 136 valence electrons. The third-order valence-electron chi connectivity index (χ3n) is 3.70. The van der Waals surface area contributed by atoms with Gasteiger partial charge in [-0.1, -0.05) is 11.8 Å². The molecule has 2 aromatic heterocycles. The minimum absolute atomic E-state index is 0.0413. The fourth-order valence-electron chi connectivity index (χ4n) is 2.40. The van der Waals surface area contributed by atoms with Crippen LogP contribution < -0.4 is 9.47 Å². The molecule has 1 aliphatic heterocycles. The first-order chi connectivity index (χ1) is 13.1. The van der Waals surface area contributed by atoms with Crippen LogP contribution in [0.25, 0.3) is 11.5 Å². The van der Waals surface area contributed by atoms with E-state index in [0.29, 0.717) is 28.0 Å². The maximum absolute atomic E-state index is 12.4. The monoisotopic (exact) mass is 400 g/mol. The first-order valence-corrected chi connectivity index (χ1v) is 9.71. The largest absolute Gasteiger partial charge is 0.454 e. The van der Waals surface area contributed by atoms with Crippen molar-refractivity contribution in [3.8, 4) is 29.0 Å². The maximum atomic E-state index is 12.4. The van der Waals surface area contributed by atoms with Gasteiger partial charge in [-0.2, -0.15) is 5.26 Å². The second-order valence-electron chi connectivity index (χ2n) is 5.59. The molecule has 0 amide bonds. The number of ether oxygens (including phenoxy) is 2. The number of carbonyl (C=O) groups excluding carboxylic acids is 1. The number of hydrogen-bond donors (Lipinski definition) is 0. The lowest BCUT2D eigenvalue weighted by atomic mass is 10.1. The average Bonchev–Trinajstić information content (AvgIpc) is 3.40. The molecule has 1 aromatic carbocycles. The molecule has 0 fully saturated rings. The molecule has 0 aliphatic carbocycles. The van der Waals surface area contributed by atoms with Crippen molar-refractivity contribution < 1.29 is 18.7 Å². The summed E-state index contributed by atoms with van der Waals surface area (Å²) in [5.74, 6) is 0.506. The molecule has 10 heteroatoms. The third kappa shape index (κ3) is 3.65. The lowest BCUT2D eigenvalue weighted by Crippen LogP contribution is -2.13. The fourth-order valence-corrected chi connectivity index (χ4v) is 3.93. The van der Waals surface area contributed by atoms with Gasteiger partial charge in [-0.05, 0) is 25.1 Å². The molecule has 0 saturated carbocycles. The molecule has 4 rings (SSSR count). The molecule has 0 saturated heterocycles. The van der Waals surface area contributed by atoms with Gasteiger partial charge in [0.15, 0.2) is 23.2 Å². The lowest BCUT2D eigenvalue weighted by molar-refractivity contribution is -0.116. The quantitative estimate of drug-likeness (QED) is 0.576. The number of ketones is 1. The van der Waals surface area contributed by atoms with E-state index in [1.54, 1.807) is 18.2 Å². The lowest BCUT2D eigenvalue weighted by Gasteiger charge is -2.03. The van der Waals surface area contributed by atoms with E-state index in [1.807, 2.05) is 18.4 Å². The summed E-state index contributed by atoms with van der Waals surface area (Å²) in [4.78, 5) is 16.6. The van der Waals surface area contributed by atoms with Crippen molar-refractivity contribution in [1.82, 2.24) is 15.2 Å². The van der Waals surface area contributed by atoms with Crippen LogP contribution in [-0.2, 0) is 4.79 Å². The molecule has 0 N–H and O–H groups in total. The van der Waals surface area contributed by atoms with E-state index in [4.69, 9.17) is 13.9 Å². The summed E-state index contributed by atoms with van der Waals surface area (Å²) >= 11 is 2.40. The van der Waals surface area contributed by atoms with Gasteiger partial charge in [-0.3, -0.25) is 4.79 Å². The van der Waals surface area contributed by atoms with Crippen LogP contribution in [0.1, 0.15) is 16.6 Å². The summed E-state index contributed by atoms with van der Waals surface area (Å²) in [7, 11) is 0. The van der Waals surface area contributed by atoms with Crippen LogP contribution in [0.2, 0.25) is 0 Å². The number of thiazole rings is 1. The summed E-state index contributed by atoms with van der Waals surface area (Å²) in [5, 5.41) is 19.8. The van der Waals surface area contributed by atoms with Gasteiger partial charge < -0.3 is 13.9 Å². The first-order valence-electron chi connectivity index (χ1n) is 7.84. The topological polar surface area (TPSA) is 111 Å². The molecule has 3 aromatic rings. The molecule has 27 heavy (non-hydrogen) atoms. The van der Waals surface area contributed by atoms with Crippen LogP contribution >= 0.6 is 23.1 Å². The van der Waals surface area contributed by atoms with Crippen LogP contribution in [0.4, 0.5) is 0 Å². The minimum Gasteiger partial charge on any atom is -0.454 e. The first kappa shape index (κ1) is 17.5. The molecule has 0 spiro atoms. The van der Waals surface area contributed by atoms with Gasteiger partial charge in [0.2, 0.25) is 12.7 Å². The van der Waals surface area contributed by atoms with Crippen molar-refractivity contribution in [3.63, 3.8) is 0 Å². The Morgan fingerprint density at radius 3 is 3.00 bits per heavy atom. The molecule has 1 unspecified atom stereocenters. The number of Topliss-reactive ketones (excluding diaryl/α,β-unsaturated/α-hetero) is 1. The molecular formula is C17H12N4O4S2. The summed E-state index contributed by atoms with van der Waals surface area (Å²) in [6, 6.07) is 7.33. The smallest absolute Gasteiger partial charge is 0.277 e. The van der Waals surface area contributed by atoms with E-state index < -0.39 is 5.92 Å². The number of carbonyl (C=O) groups is 1. The van der Waals surface area contributed by atoms with E-state index in [-0.39, 0.29) is 23.6 Å². The van der Waals surface area contributed by atoms with E-state index in [9.17, 15) is 10.1 Å². The third-order valence-corrected chi connectivity index (χ3v) is 5.57. The number of aromatic nitrogens is 3. The normalized spacial score (nSPS) is 13.3. The van der Waals surface area contributed by atoms with Crippen molar-refractivity contribution in [3.05, 3.63) is 34.3 Å². The Labute approximate surface area is 162 Å². The van der Waals surface area contributed by atoms with E-state index in [1.165, 1.54) is 11.3 Å². The average molecular weight is 400 g/mol. The number of hydrogen-bond acceptors (Lipinski definition) is 10. The fraction of sp³-hybridized carbons (Fsp3) is 0.235. The number of aryl methyl sites for hydroxylation is 1. The van der Waals surface area contributed by atoms with Gasteiger partial charge in [0.1, 0.15) is 5.01 Å². The van der Waals surface area contributed by atoms with Crippen molar-refractivity contribution in [2.24, 2.45) is 0 Å². The van der Waals surface area contributed by atoms with Crippen molar-refractivity contribution in [2.75, 3.05) is 12.5 Å². The Bertz CT molecular complexity index is 1040. The highest BCUT2D eigenvalue weighted by molar-refractivity contribution is 7.99. The Balaban J connectivity index is 1.42. The summed E-state index contributed by atoms with van der Waals surface area (Å²) in [6.45, 7) is 2.01. The van der Waals surface area contributed by atoms with Crippen molar-refractivity contribution >= 4 is 28.9 Å². The number of benzene rings is 1. The van der Waals surface area contributed by atoms with E-state index >= 15 is 0 Å². The van der Waals surface area contributed by atoms with Crippen molar-refractivity contribution in [1.29, 1.82) is 5.26 Å². The molecular weight excluding hydrogens is 388 g/mol.